The molecule has 0 aromatic heterocycles. The smallest absolute Gasteiger partial charge is 0.238 e. The molecule has 2 rings (SSSR count). The molecule has 0 fully saturated rings. The third-order valence-electron chi connectivity index (χ3n) is 3.66. The van der Waals surface area contributed by atoms with Crippen molar-refractivity contribution in [2.75, 3.05) is 11.1 Å². The van der Waals surface area contributed by atoms with E-state index in [2.05, 4.69) is 5.32 Å². The summed E-state index contributed by atoms with van der Waals surface area (Å²) in [5.74, 6) is -0.485. The van der Waals surface area contributed by atoms with Gasteiger partial charge in [0.15, 0.2) is 9.84 Å². The molecule has 9 heteroatoms. The molecule has 0 bridgehead atoms. The van der Waals surface area contributed by atoms with Gasteiger partial charge in [0.1, 0.15) is 0 Å². The van der Waals surface area contributed by atoms with Crippen molar-refractivity contribution in [3.8, 4) is 0 Å². The van der Waals surface area contributed by atoms with E-state index in [-0.39, 0.29) is 34.3 Å². The van der Waals surface area contributed by atoms with Gasteiger partial charge in [0.2, 0.25) is 15.9 Å². The molecule has 2 aromatic rings. The monoisotopic (exact) mass is 396 g/mol. The van der Waals surface area contributed by atoms with Crippen molar-refractivity contribution in [3.63, 3.8) is 0 Å². The van der Waals surface area contributed by atoms with Gasteiger partial charge in [0.25, 0.3) is 0 Å². The van der Waals surface area contributed by atoms with Crippen molar-refractivity contribution in [2.45, 2.75) is 29.6 Å². The minimum atomic E-state index is -3.79. The zero-order valence-electron chi connectivity index (χ0n) is 14.2. The Balaban J connectivity index is 1.88. The van der Waals surface area contributed by atoms with Crippen molar-refractivity contribution < 1.29 is 21.6 Å². The number of nitrogens with two attached hydrogens (primary N) is 1. The van der Waals surface area contributed by atoms with E-state index in [1.165, 1.54) is 24.3 Å². The maximum atomic E-state index is 12.2. The number of hydrogen-bond donors (Lipinski definition) is 2. The third kappa shape index (κ3) is 5.65. The highest BCUT2D eigenvalue weighted by molar-refractivity contribution is 7.91. The Kier molecular flexibility index (Phi) is 6.17. The molecule has 26 heavy (non-hydrogen) atoms. The minimum absolute atomic E-state index is 0.0298. The predicted octanol–water partition coefficient (Wildman–Crippen LogP) is 1.84. The van der Waals surface area contributed by atoms with E-state index in [0.29, 0.717) is 5.69 Å². The van der Waals surface area contributed by atoms with Gasteiger partial charge in [-0.2, -0.15) is 0 Å². The fourth-order valence-corrected chi connectivity index (χ4v) is 4.06. The average Bonchev–Trinajstić information content (AvgIpc) is 2.54. The van der Waals surface area contributed by atoms with Crippen LogP contribution in [0.3, 0.4) is 0 Å². The number of sulfonamides is 1. The molecule has 0 radical (unpaired) electrons. The summed E-state index contributed by atoms with van der Waals surface area (Å²) in [5.41, 5.74) is 1.38. The fourth-order valence-electron chi connectivity index (χ4n) is 2.24. The number of aryl methyl sites for hydroxylation is 1. The molecule has 0 aliphatic heterocycles. The number of nitrogens with one attached hydrogen (secondary N) is 1. The van der Waals surface area contributed by atoms with Crippen LogP contribution in [-0.4, -0.2) is 28.5 Å². The van der Waals surface area contributed by atoms with Crippen LogP contribution in [0, 0.1) is 6.92 Å². The summed E-state index contributed by atoms with van der Waals surface area (Å²) >= 11 is 0. The first-order chi connectivity index (χ1) is 12.1. The largest absolute Gasteiger partial charge is 0.326 e. The number of carbonyl (C=O) groups excluding carboxylic acids is 1. The van der Waals surface area contributed by atoms with E-state index >= 15 is 0 Å². The summed E-state index contributed by atoms with van der Waals surface area (Å²) in [6.45, 7) is 1.87. The molecule has 0 aliphatic carbocycles. The number of hydrogen-bond acceptors (Lipinski definition) is 5. The summed E-state index contributed by atoms with van der Waals surface area (Å²) in [7, 11) is -7.22. The van der Waals surface area contributed by atoms with Crippen LogP contribution in [0.2, 0.25) is 0 Å². The number of benzene rings is 2. The van der Waals surface area contributed by atoms with E-state index in [9.17, 15) is 21.6 Å². The average molecular weight is 396 g/mol. The molecular formula is C17H20N2O5S2. The van der Waals surface area contributed by atoms with E-state index in [1.54, 1.807) is 24.3 Å². The van der Waals surface area contributed by atoms with Crippen LogP contribution in [0.1, 0.15) is 18.4 Å². The number of sulfone groups is 1. The van der Waals surface area contributed by atoms with Crippen LogP contribution < -0.4 is 10.5 Å². The Morgan fingerprint density at radius 3 is 2.00 bits per heavy atom. The van der Waals surface area contributed by atoms with Gasteiger partial charge >= 0.3 is 0 Å². The Bertz CT molecular complexity index is 980. The van der Waals surface area contributed by atoms with Crippen LogP contribution in [0.15, 0.2) is 58.3 Å². The van der Waals surface area contributed by atoms with E-state index in [4.69, 9.17) is 5.14 Å². The van der Waals surface area contributed by atoms with Gasteiger partial charge in [-0.15, -0.1) is 0 Å². The normalized spacial score (nSPS) is 11.9. The lowest BCUT2D eigenvalue weighted by atomic mass is 10.2. The fraction of sp³-hybridized carbons (Fsp3) is 0.235. The van der Waals surface area contributed by atoms with Gasteiger partial charge in [-0.3, -0.25) is 4.79 Å². The Hall–Kier alpha value is -2.23. The number of primary sulfonamides is 1. The predicted molar refractivity (Wildman–Crippen MR) is 98.9 cm³/mol. The summed E-state index contributed by atoms with van der Waals surface area (Å²) in [5, 5.41) is 7.58. The summed E-state index contributed by atoms with van der Waals surface area (Å²) in [4.78, 5) is 12.1. The molecule has 0 unspecified atom stereocenters. The molecule has 7 nitrogen and oxygen atoms in total. The molecule has 0 saturated heterocycles. The maximum Gasteiger partial charge on any atom is 0.238 e. The van der Waals surface area contributed by atoms with Crippen molar-refractivity contribution in [3.05, 3.63) is 54.1 Å². The van der Waals surface area contributed by atoms with Gasteiger partial charge in [0.05, 0.1) is 15.5 Å². The van der Waals surface area contributed by atoms with Crippen LogP contribution in [0.25, 0.3) is 0 Å². The second-order valence-electron chi connectivity index (χ2n) is 5.85. The highest BCUT2D eigenvalue weighted by Crippen LogP contribution is 2.15. The number of rotatable bonds is 7. The summed E-state index contributed by atoms with van der Waals surface area (Å²) < 4.78 is 46.8. The molecule has 1 amide bonds. The number of anilines is 1. The summed E-state index contributed by atoms with van der Waals surface area (Å²) in [6.07, 6.45) is 0.208. The van der Waals surface area contributed by atoms with E-state index in [0.717, 1.165) is 5.56 Å². The van der Waals surface area contributed by atoms with Gasteiger partial charge < -0.3 is 5.32 Å². The molecule has 0 spiro atoms. The molecule has 0 heterocycles. The van der Waals surface area contributed by atoms with E-state index in [1.807, 2.05) is 6.92 Å². The highest BCUT2D eigenvalue weighted by Gasteiger charge is 2.15. The van der Waals surface area contributed by atoms with Gasteiger partial charge in [-0.25, -0.2) is 22.0 Å². The second-order valence-corrected chi connectivity index (χ2v) is 9.52. The van der Waals surface area contributed by atoms with Crippen molar-refractivity contribution in [1.29, 1.82) is 0 Å². The van der Waals surface area contributed by atoms with Crippen LogP contribution in [-0.2, 0) is 24.7 Å². The first kappa shape index (κ1) is 20.1. The van der Waals surface area contributed by atoms with Crippen LogP contribution >= 0.6 is 0 Å². The maximum absolute atomic E-state index is 12.2. The lowest BCUT2D eigenvalue weighted by Gasteiger charge is -2.07. The SMILES string of the molecule is Cc1ccc(S(=O)(=O)CCCC(=O)Nc2ccc(S(N)(=O)=O)cc2)cc1. The van der Waals surface area contributed by atoms with Crippen LogP contribution in [0.4, 0.5) is 5.69 Å². The molecule has 2 aromatic carbocycles. The molecule has 0 atom stereocenters. The Morgan fingerprint density at radius 2 is 1.46 bits per heavy atom. The molecule has 0 aliphatic rings. The molecule has 140 valence electrons. The van der Waals surface area contributed by atoms with Crippen molar-refractivity contribution in [1.82, 2.24) is 0 Å². The van der Waals surface area contributed by atoms with Gasteiger partial charge in [-0.05, 0) is 49.7 Å². The van der Waals surface area contributed by atoms with Crippen LogP contribution in [0.5, 0.6) is 0 Å². The molecule has 0 saturated carbocycles. The topological polar surface area (TPSA) is 123 Å². The zero-order valence-corrected chi connectivity index (χ0v) is 15.8. The second kappa shape index (κ2) is 7.98. The first-order valence-corrected chi connectivity index (χ1v) is 11.0. The lowest BCUT2D eigenvalue weighted by molar-refractivity contribution is -0.116. The first-order valence-electron chi connectivity index (χ1n) is 7.80. The van der Waals surface area contributed by atoms with E-state index < -0.39 is 19.9 Å². The van der Waals surface area contributed by atoms with Crippen molar-refractivity contribution >= 4 is 31.5 Å². The number of carbonyl (C=O) groups is 1. The third-order valence-corrected chi connectivity index (χ3v) is 6.41. The molecular weight excluding hydrogens is 376 g/mol. The summed E-state index contributed by atoms with van der Waals surface area (Å²) in [6, 6.07) is 12.0. The standard InChI is InChI=1S/C17H20N2O5S2/c1-13-4-8-15(9-5-13)25(21,22)12-2-3-17(20)19-14-6-10-16(11-7-14)26(18,23)24/h4-11H,2-3,12H2,1H3,(H,19,20)(H2,18,23,24). The van der Waals surface area contributed by atoms with Crippen molar-refractivity contribution in [2.24, 2.45) is 5.14 Å². The highest BCUT2D eigenvalue weighted by atomic mass is 32.2. The zero-order chi connectivity index (χ0) is 19.4. The number of amides is 1. The minimum Gasteiger partial charge on any atom is -0.326 e. The molecule has 3 N–H and O–H groups in total. The Labute approximate surface area is 153 Å². The lowest BCUT2D eigenvalue weighted by Crippen LogP contribution is -2.15. The quantitative estimate of drug-likeness (QED) is 0.739. The van der Waals surface area contributed by atoms with Gasteiger partial charge in [-0.1, -0.05) is 17.7 Å². The van der Waals surface area contributed by atoms with Gasteiger partial charge in [0, 0.05) is 12.1 Å². The Morgan fingerprint density at radius 1 is 0.923 bits per heavy atom.